The molecule has 1 fully saturated rings. The van der Waals surface area contributed by atoms with Crippen LogP contribution in [0.2, 0.25) is 0 Å². The minimum Gasteiger partial charge on any atom is -0.444 e. The summed E-state index contributed by atoms with van der Waals surface area (Å²) >= 11 is 0. The smallest absolute Gasteiger partial charge is 0.410 e. The van der Waals surface area contributed by atoms with Crippen LogP contribution in [0.25, 0.3) is 0 Å². The van der Waals surface area contributed by atoms with Gasteiger partial charge in [-0.3, -0.25) is 0 Å². The van der Waals surface area contributed by atoms with Gasteiger partial charge in [0.15, 0.2) is 0 Å². The van der Waals surface area contributed by atoms with E-state index in [4.69, 9.17) is 9.84 Å². The molecule has 1 saturated heterocycles. The van der Waals surface area contributed by atoms with E-state index in [1.165, 1.54) is 4.90 Å². The van der Waals surface area contributed by atoms with Crippen molar-refractivity contribution >= 4 is 6.09 Å². The van der Waals surface area contributed by atoms with E-state index in [2.05, 4.69) is 0 Å². The summed E-state index contributed by atoms with van der Waals surface area (Å²) < 4.78 is 5.17. The predicted octanol–water partition coefficient (Wildman–Crippen LogP) is -0.433. The lowest BCUT2D eigenvalue weighted by Crippen LogP contribution is -2.55. The van der Waals surface area contributed by atoms with Gasteiger partial charge in [-0.1, -0.05) is 0 Å². The van der Waals surface area contributed by atoms with Crippen LogP contribution in [0.3, 0.4) is 0 Å². The molecule has 3 atom stereocenters. The quantitative estimate of drug-likeness (QED) is 0.585. The van der Waals surface area contributed by atoms with Crippen LogP contribution >= 0.6 is 0 Å². The Bertz CT molecular complexity index is 276. The van der Waals surface area contributed by atoms with Gasteiger partial charge in [0, 0.05) is 12.5 Å². The molecular formula is C11H21NO5. The predicted molar refractivity (Wildman–Crippen MR) is 60.4 cm³/mol. The molecule has 6 heteroatoms. The van der Waals surface area contributed by atoms with Crippen LogP contribution in [0.15, 0.2) is 0 Å². The maximum atomic E-state index is 11.8. The fourth-order valence-electron chi connectivity index (χ4n) is 1.75. The molecule has 1 amide bonds. The second-order valence-electron chi connectivity index (χ2n) is 5.39. The van der Waals surface area contributed by atoms with Gasteiger partial charge in [0.05, 0.1) is 25.4 Å². The Hall–Kier alpha value is -0.850. The lowest BCUT2D eigenvalue weighted by atomic mass is 9.93. The van der Waals surface area contributed by atoms with Crippen LogP contribution in [0, 0.1) is 5.92 Å². The number of rotatable bonds is 1. The molecule has 0 aromatic carbocycles. The van der Waals surface area contributed by atoms with Crippen LogP contribution in [0.1, 0.15) is 20.8 Å². The number of hydrogen-bond donors (Lipinski definition) is 3. The molecule has 100 valence electrons. The second-order valence-corrected chi connectivity index (χ2v) is 5.39. The standard InChI is InChI=1S/C11H21NO5/c1-11(2,3)17-10(16)12-4-7(6-13)9(15)8(14)5-12/h7-9,13-15H,4-6H2,1-3H3. The Morgan fingerprint density at radius 2 is 1.94 bits per heavy atom. The Kier molecular flexibility index (Phi) is 4.35. The lowest BCUT2D eigenvalue weighted by molar-refractivity contribution is -0.0871. The first-order valence-corrected chi connectivity index (χ1v) is 5.69. The lowest BCUT2D eigenvalue weighted by Gasteiger charge is -2.38. The highest BCUT2D eigenvalue weighted by Crippen LogP contribution is 2.19. The average molecular weight is 247 g/mol. The summed E-state index contributed by atoms with van der Waals surface area (Å²) in [4.78, 5) is 13.1. The molecule has 3 N–H and O–H groups in total. The first-order chi connectivity index (χ1) is 7.74. The van der Waals surface area contributed by atoms with Gasteiger partial charge in [-0.2, -0.15) is 0 Å². The van der Waals surface area contributed by atoms with E-state index in [1.807, 2.05) is 0 Å². The molecular weight excluding hydrogens is 226 g/mol. The van der Waals surface area contributed by atoms with Crippen LogP contribution in [0.5, 0.6) is 0 Å². The van der Waals surface area contributed by atoms with Gasteiger partial charge in [0.1, 0.15) is 5.60 Å². The van der Waals surface area contributed by atoms with Crippen LogP contribution < -0.4 is 0 Å². The topological polar surface area (TPSA) is 90.2 Å². The van der Waals surface area contributed by atoms with Crippen LogP contribution in [-0.2, 0) is 4.74 Å². The van der Waals surface area contributed by atoms with Gasteiger partial charge in [-0.25, -0.2) is 4.79 Å². The maximum absolute atomic E-state index is 11.8. The first-order valence-electron chi connectivity index (χ1n) is 5.69. The molecule has 1 heterocycles. The third-order valence-electron chi connectivity index (χ3n) is 2.63. The van der Waals surface area contributed by atoms with Crippen molar-refractivity contribution < 1.29 is 24.9 Å². The highest BCUT2D eigenvalue weighted by atomic mass is 16.6. The Morgan fingerprint density at radius 3 is 2.41 bits per heavy atom. The van der Waals surface area contributed by atoms with Gasteiger partial charge < -0.3 is 25.0 Å². The molecule has 0 saturated carbocycles. The number of hydrogen-bond acceptors (Lipinski definition) is 5. The number of carbonyl (C=O) groups excluding carboxylic acids is 1. The number of aliphatic hydroxyl groups is 3. The molecule has 0 spiro atoms. The minimum atomic E-state index is -1.05. The van der Waals surface area contributed by atoms with E-state index in [-0.39, 0.29) is 19.7 Å². The minimum absolute atomic E-state index is 0.0204. The van der Waals surface area contributed by atoms with E-state index in [1.54, 1.807) is 20.8 Å². The molecule has 1 aliphatic heterocycles. The Labute approximate surface area is 101 Å². The van der Waals surface area contributed by atoms with E-state index >= 15 is 0 Å². The molecule has 0 bridgehead atoms. The number of β-amino-alcohol motifs (C(OH)–C–C–N with tert-alkyl or cyclic N) is 1. The fraction of sp³-hybridized carbons (Fsp3) is 0.909. The average Bonchev–Trinajstić information content (AvgIpc) is 2.19. The van der Waals surface area contributed by atoms with Gasteiger partial charge in [-0.15, -0.1) is 0 Å². The molecule has 0 aromatic heterocycles. The van der Waals surface area contributed by atoms with Crippen LogP contribution in [0.4, 0.5) is 4.79 Å². The Balaban J connectivity index is 2.63. The van der Waals surface area contributed by atoms with Crippen molar-refractivity contribution in [3.8, 4) is 0 Å². The zero-order valence-electron chi connectivity index (χ0n) is 10.5. The van der Waals surface area contributed by atoms with Crippen molar-refractivity contribution in [1.29, 1.82) is 0 Å². The van der Waals surface area contributed by atoms with Crippen molar-refractivity contribution in [2.75, 3.05) is 19.7 Å². The third kappa shape index (κ3) is 3.83. The molecule has 1 rings (SSSR count). The van der Waals surface area contributed by atoms with Crippen molar-refractivity contribution in [3.05, 3.63) is 0 Å². The number of nitrogens with zero attached hydrogens (tertiary/aromatic N) is 1. The summed E-state index contributed by atoms with van der Waals surface area (Å²) in [6.07, 6.45) is -2.59. The van der Waals surface area contributed by atoms with Gasteiger partial charge in [0.2, 0.25) is 0 Å². The van der Waals surface area contributed by atoms with E-state index in [9.17, 15) is 15.0 Å². The molecule has 0 aromatic rings. The number of amides is 1. The van der Waals surface area contributed by atoms with Gasteiger partial charge in [0.25, 0.3) is 0 Å². The normalized spacial score (nSPS) is 30.2. The van der Waals surface area contributed by atoms with Crippen molar-refractivity contribution in [3.63, 3.8) is 0 Å². The summed E-state index contributed by atoms with van der Waals surface area (Å²) in [6.45, 7) is 5.19. The van der Waals surface area contributed by atoms with Gasteiger partial charge in [-0.05, 0) is 20.8 Å². The Morgan fingerprint density at radius 1 is 1.35 bits per heavy atom. The van der Waals surface area contributed by atoms with E-state index in [0.29, 0.717) is 0 Å². The zero-order valence-corrected chi connectivity index (χ0v) is 10.5. The number of piperidine rings is 1. The summed E-state index contributed by atoms with van der Waals surface area (Å²) in [5.41, 5.74) is -0.604. The van der Waals surface area contributed by atoms with Crippen molar-refractivity contribution in [1.82, 2.24) is 4.90 Å². The molecule has 1 aliphatic rings. The number of carbonyl (C=O) groups is 1. The van der Waals surface area contributed by atoms with Crippen molar-refractivity contribution in [2.45, 2.75) is 38.6 Å². The highest BCUT2D eigenvalue weighted by molar-refractivity contribution is 5.68. The van der Waals surface area contributed by atoms with Crippen LogP contribution in [-0.4, -0.2) is 63.8 Å². The number of likely N-dealkylation sites (tertiary alicyclic amines) is 1. The molecule has 0 radical (unpaired) electrons. The summed E-state index contributed by atoms with van der Waals surface area (Å²) in [5, 5.41) is 28.2. The largest absolute Gasteiger partial charge is 0.444 e. The molecule has 6 nitrogen and oxygen atoms in total. The first kappa shape index (κ1) is 14.2. The van der Waals surface area contributed by atoms with Crippen molar-refractivity contribution in [2.24, 2.45) is 5.92 Å². The molecule has 3 unspecified atom stereocenters. The van der Waals surface area contributed by atoms with E-state index < -0.39 is 29.8 Å². The van der Waals surface area contributed by atoms with E-state index in [0.717, 1.165) is 0 Å². The van der Waals surface area contributed by atoms with Gasteiger partial charge >= 0.3 is 6.09 Å². The summed E-state index contributed by atoms with van der Waals surface area (Å²) in [7, 11) is 0. The SMILES string of the molecule is CC(C)(C)OC(=O)N1CC(O)C(O)C(CO)C1. The number of aliphatic hydroxyl groups excluding tert-OH is 3. The molecule has 0 aliphatic carbocycles. The molecule has 17 heavy (non-hydrogen) atoms. The third-order valence-corrected chi connectivity index (χ3v) is 2.63. The maximum Gasteiger partial charge on any atom is 0.410 e. The monoisotopic (exact) mass is 247 g/mol. The number of ether oxygens (including phenoxy) is 1. The highest BCUT2D eigenvalue weighted by Gasteiger charge is 2.37. The summed E-state index contributed by atoms with van der Waals surface area (Å²) in [6, 6.07) is 0. The summed E-state index contributed by atoms with van der Waals surface area (Å²) in [5.74, 6) is -0.536. The fourth-order valence-corrected chi connectivity index (χ4v) is 1.75. The second kappa shape index (κ2) is 5.20. The zero-order chi connectivity index (χ0) is 13.2.